The molecular weight excluding hydrogens is 270 g/mol. The molecule has 0 saturated carbocycles. The molecule has 114 valence electrons. The maximum atomic E-state index is 12.1. The second-order valence-electron chi connectivity index (χ2n) is 5.11. The van der Waals surface area contributed by atoms with E-state index in [4.69, 9.17) is 14.2 Å². The third-order valence-corrected chi connectivity index (χ3v) is 3.15. The van der Waals surface area contributed by atoms with E-state index in [9.17, 15) is 4.79 Å². The Morgan fingerprint density at radius 1 is 1.38 bits per heavy atom. The molecule has 2 rings (SSSR count). The summed E-state index contributed by atoms with van der Waals surface area (Å²) in [6, 6.07) is 5.21. The molecule has 0 radical (unpaired) electrons. The van der Waals surface area contributed by atoms with Gasteiger partial charge in [0.25, 0.3) is 0 Å². The summed E-state index contributed by atoms with van der Waals surface area (Å²) in [5.41, 5.74) is 0.572. The molecule has 1 aromatic rings. The van der Waals surface area contributed by atoms with Crippen LogP contribution in [0.25, 0.3) is 0 Å². The van der Waals surface area contributed by atoms with E-state index in [1.807, 2.05) is 19.0 Å². The van der Waals surface area contributed by atoms with Crippen LogP contribution in [0.4, 0.5) is 0 Å². The molecule has 5 nitrogen and oxygen atoms in total. The van der Waals surface area contributed by atoms with Crippen LogP contribution in [0.5, 0.6) is 11.5 Å². The van der Waals surface area contributed by atoms with Crippen molar-refractivity contribution in [2.75, 3.05) is 34.4 Å². The van der Waals surface area contributed by atoms with Crippen molar-refractivity contribution in [2.24, 2.45) is 0 Å². The van der Waals surface area contributed by atoms with Gasteiger partial charge in [-0.15, -0.1) is 0 Å². The molecule has 1 aliphatic heterocycles. The molecule has 0 aliphatic carbocycles. The van der Waals surface area contributed by atoms with Gasteiger partial charge in [-0.25, -0.2) is 0 Å². The Morgan fingerprint density at radius 2 is 2.19 bits per heavy atom. The van der Waals surface area contributed by atoms with Crippen LogP contribution in [0.1, 0.15) is 16.8 Å². The van der Waals surface area contributed by atoms with E-state index in [2.05, 4.69) is 0 Å². The SMILES string of the molecule is COc1ccc(C(=O)/C=C/N(C)C)cc1O[C@@H]1CCOC1. The highest BCUT2D eigenvalue weighted by Crippen LogP contribution is 2.30. The quantitative estimate of drug-likeness (QED) is 0.593. The first kappa shape index (κ1) is 15.4. The molecular formula is C16H21NO4. The van der Waals surface area contributed by atoms with Crippen molar-refractivity contribution in [1.82, 2.24) is 4.90 Å². The number of hydrogen-bond donors (Lipinski definition) is 0. The third kappa shape index (κ3) is 4.23. The minimum Gasteiger partial charge on any atom is -0.493 e. The van der Waals surface area contributed by atoms with Gasteiger partial charge in [0.05, 0.1) is 20.3 Å². The van der Waals surface area contributed by atoms with Gasteiger partial charge in [0.1, 0.15) is 6.10 Å². The number of ether oxygens (including phenoxy) is 3. The van der Waals surface area contributed by atoms with Crippen LogP contribution in [-0.2, 0) is 4.74 Å². The molecule has 1 heterocycles. The molecule has 1 atom stereocenters. The van der Waals surface area contributed by atoms with Gasteiger partial charge in [-0.05, 0) is 18.2 Å². The van der Waals surface area contributed by atoms with E-state index in [1.54, 1.807) is 31.5 Å². The highest BCUT2D eigenvalue weighted by atomic mass is 16.6. The standard InChI is InChI=1S/C16H21NO4/c1-17(2)8-6-14(18)12-4-5-15(19-3)16(10-12)21-13-7-9-20-11-13/h4-6,8,10,13H,7,9,11H2,1-3H3/b8-6+/t13-/m1/s1. The smallest absolute Gasteiger partial charge is 0.187 e. The molecule has 5 heteroatoms. The highest BCUT2D eigenvalue weighted by Gasteiger charge is 2.19. The van der Waals surface area contributed by atoms with E-state index in [1.165, 1.54) is 6.08 Å². The van der Waals surface area contributed by atoms with Gasteiger partial charge in [0.2, 0.25) is 0 Å². The second kappa shape index (κ2) is 7.13. The number of allylic oxidation sites excluding steroid dienone is 1. The Bertz CT molecular complexity index is 519. The first-order chi connectivity index (χ1) is 10.1. The van der Waals surface area contributed by atoms with Crippen molar-refractivity contribution in [3.63, 3.8) is 0 Å². The van der Waals surface area contributed by atoms with Crippen molar-refractivity contribution < 1.29 is 19.0 Å². The van der Waals surface area contributed by atoms with Crippen LogP contribution < -0.4 is 9.47 Å². The number of rotatable bonds is 6. The summed E-state index contributed by atoms with van der Waals surface area (Å²) in [5, 5.41) is 0. The Balaban J connectivity index is 2.17. The molecule has 0 aromatic heterocycles. The van der Waals surface area contributed by atoms with Gasteiger partial charge in [0.15, 0.2) is 17.3 Å². The molecule has 0 bridgehead atoms. The predicted octanol–water partition coefficient (Wildman–Crippen LogP) is 2.12. The molecule has 21 heavy (non-hydrogen) atoms. The van der Waals surface area contributed by atoms with E-state index in [0.29, 0.717) is 30.3 Å². The number of methoxy groups -OCH3 is 1. The van der Waals surface area contributed by atoms with Crippen molar-refractivity contribution in [2.45, 2.75) is 12.5 Å². The fourth-order valence-electron chi connectivity index (χ4n) is 2.02. The molecule has 1 fully saturated rings. The van der Waals surface area contributed by atoms with Gasteiger partial charge in [-0.3, -0.25) is 4.79 Å². The van der Waals surface area contributed by atoms with Gasteiger partial charge in [-0.1, -0.05) is 0 Å². The number of hydrogen-bond acceptors (Lipinski definition) is 5. The van der Waals surface area contributed by atoms with Gasteiger partial charge in [0, 0.05) is 38.4 Å². The lowest BCUT2D eigenvalue weighted by atomic mass is 10.1. The number of benzene rings is 1. The number of ketones is 1. The molecule has 1 aromatic carbocycles. The number of carbonyl (C=O) groups is 1. The average molecular weight is 291 g/mol. The Kier molecular flexibility index (Phi) is 5.22. The fourth-order valence-corrected chi connectivity index (χ4v) is 2.02. The Labute approximate surface area is 125 Å². The maximum Gasteiger partial charge on any atom is 0.187 e. The lowest BCUT2D eigenvalue weighted by Crippen LogP contribution is -2.16. The zero-order valence-corrected chi connectivity index (χ0v) is 12.7. The minimum atomic E-state index is -0.0705. The minimum absolute atomic E-state index is 0.0153. The molecule has 0 N–H and O–H groups in total. The van der Waals surface area contributed by atoms with Crippen molar-refractivity contribution in [1.29, 1.82) is 0 Å². The number of nitrogens with zero attached hydrogens (tertiary/aromatic N) is 1. The highest BCUT2D eigenvalue weighted by molar-refractivity contribution is 6.04. The molecule has 0 amide bonds. The first-order valence-corrected chi connectivity index (χ1v) is 6.91. The summed E-state index contributed by atoms with van der Waals surface area (Å²) in [7, 11) is 5.32. The summed E-state index contributed by atoms with van der Waals surface area (Å²) in [5.74, 6) is 1.13. The van der Waals surface area contributed by atoms with Gasteiger partial charge in [-0.2, -0.15) is 0 Å². The summed E-state index contributed by atoms with van der Waals surface area (Å²) in [6.45, 7) is 1.28. The zero-order chi connectivity index (χ0) is 15.2. The van der Waals surface area contributed by atoms with Crippen LogP contribution >= 0.6 is 0 Å². The Hall–Kier alpha value is -2.01. The summed E-state index contributed by atoms with van der Waals surface area (Å²) in [6.07, 6.45) is 4.12. The van der Waals surface area contributed by atoms with E-state index >= 15 is 0 Å². The zero-order valence-electron chi connectivity index (χ0n) is 12.7. The molecule has 1 saturated heterocycles. The third-order valence-electron chi connectivity index (χ3n) is 3.15. The topological polar surface area (TPSA) is 48.0 Å². The van der Waals surface area contributed by atoms with E-state index in [-0.39, 0.29) is 11.9 Å². The van der Waals surface area contributed by atoms with Crippen LogP contribution in [0.15, 0.2) is 30.5 Å². The molecule has 1 aliphatic rings. The van der Waals surface area contributed by atoms with Gasteiger partial charge >= 0.3 is 0 Å². The first-order valence-electron chi connectivity index (χ1n) is 6.91. The van der Waals surface area contributed by atoms with E-state index < -0.39 is 0 Å². The van der Waals surface area contributed by atoms with Crippen LogP contribution in [0.3, 0.4) is 0 Å². The Morgan fingerprint density at radius 3 is 2.81 bits per heavy atom. The van der Waals surface area contributed by atoms with E-state index in [0.717, 1.165) is 6.42 Å². The van der Waals surface area contributed by atoms with Crippen molar-refractivity contribution in [3.8, 4) is 11.5 Å². The van der Waals surface area contributed by atoms with Crippen molar-refractivity contribution in [3.05, 3.63) is 36.0 Å². The lowest BCUT2D eigenvalue weighted by molar-refractivity contribution is 0.104. The van der Waals surface area contributed by atoms with Crippen LogP contribution in [0, 0.1) is 0 Å². The van der Waals surface area contributed by atoms with Crippen molar-refractivity contribution >= 4 is 5.78 Å². The van der Waals surface area contributed by atoms with Gasteiger partial charge < -0.3 is 19.1 Å². The lowest BCUT2D eigenvalue weighted by Gasteiger charge is -2.15. The summed E-state index contributed by atoms with van der Waals surface area (Å²) in [4.78, 5) is 13.9. The maximum absolute atomic E-state index is 12.1. The number of carbonyl (C=O) groups excluding carboxylic acids is 1. The van der Waals surface area contributed by atoms with Crippen LogP contribution in [-0.4, -0.2) is 51.2 Å². The largest absolute Gasteiger partial charge is 0.493 e. The van der Waals surface area contributed by atoms with Crippen LogP contribution in [0.2, 0.25) is 0 Å². The average Bonchev–Trinajstić information content (AvgIpc) is 2.97. The summed E-state index contributed by atoms with van der Waals surface area (Å²) >= 11 is 0. The second-order valence-corrected chi connectivity index (χ2v) is 5.11. The molecule has 0 spiro atoms. The normalized spacial score (nSPS) is 18.0. The molecule has 0 unspecified atom stereocenters. The monoisotopic (exact) mass is 291 g/mol. The fraction of sp³-hybridized carbons (Fsp3) is 0.438. The summed E-state index contributed by atoms with van der Waals surface area (Å²) < 4.78 is 16.5. The predicted molar refractivity (Wildman–Crippen MR) is 80.0 cm³/mol.